The first-order valence-electron chi connectivity index (χ1n) is 5.96. The van der Waals surface area contributed by atoms with Gasteiger partial charge >= 0.3 is 0 Å². The Hall–Kier alpha value is -2.17. The number of halogens is 2. The minimum absolute atomic E-state index is 0.213. The molecule has 0 saturated heterocycles. The number of amides is 1. The van der Waals surface area contributed by atoms with Crippen molar-refractivity contribution in [3.63, 3.8) is 0 Å². The molecule has 2 rings (SSSR count). The van der Waals surface area contributed by atoms with Crippen LogP contribution in [0.2, 0.25) is 10.0 Å². The number of carbonyl (C=O) groups is 2. The first-order valence-corrected chi connectivity index (χ1v) is 6.71. The Morgan fingerprint density at radius 3 is 2.43 bits per heavy atom. The summed E-state index contributed by atoms with van der Waals surface area (Å²) in [6.45, 7) is 0. The van der Waals surface area contributed by atoms with Crippen molar-refractivity contribution in [1.82, 2.24) is 5.43 Å². The van der Waals surface area contributed by atoms with Gasteiger partial charge in [-0.05, 0) is 18.2 Å². The van der Waals surface area contributed by atoms with Crippen molar-refractivity contribution in [3.8, 4) is 0 Å². The minimum Gasteiger partial charge on any atom is -0.287 e. The number of hydrazone groups is 1. The van der Waals surface area contributed by atoms with Gasteiger partial charge < -0.3 is 0 Å². The van der Waals surface area contributed by atoms with E-state index in [-0.39, 0.29) is 16.4 Å². The molecule has 1 amide bonds. The summed E-state index contributed by atoms with van der Waals surface area (Å²) in [5.74, 6) is -0.827. The van der Waals surface area contributed by atoms with Gasteiger partial charge in [-0.15, -0.1) is 0 Å². The maximum Gasteiger partial charge on any atom is 0.272 e. The van der Waals surface area contributed by atoms with Crippen molar-refractivity contribution in [3.05, 3.63) is 69.7 Å². The summed E-state index contributed by atoms with van der Waals surface area (Å²) in [6.07, 6.45) is 1.04. The average molecular weight is 321 g/mol. The third kappa shape index (κ3) is 4.15. The Morgan fingerprint density at radius 1 is 1.05 bits per heavy atom. The lowest BCUT2D eigenvalue weighted by atomic mass is 10.1. The topological polar surface area (TPSA) is 58.5 Å². The van der Waals surface area contributed by atoms with Gasteiger partial charge in [-0.2, -0.15) is 5.10 Å². The lowest BCUT2D eigenvalue weighted by molar-refractivity contribution is 0.0955. The van der Waals surface area contributed by atoms with E-state index in [9.17, 15) is 9.59 Å². The molecule has 0 aliphatic rings. The van der Waals surface area contributed by atoms with Crippen molar-refractivity contribution in [1.29, 1.82) is 0 Å². The van der Waals surface area contributed by atoms with E-state index in [0.29, 0.717) is 10.6 Å². The van der Waals surface area contributed by atoms with E-state index in [1.807, 2.05) is 0 Å². The highest BCUT2D eigenvalue weighted by Gasteiger charge is 2.10. The number of hydrogen-bond acceptors (Lipinski definition) is 3. The molecule has 0 atom stereocenters. The molecule has 0 aromatic heterocycles. The number of carbonyl (C=O) groups excluding carboxylic acids is 2. The minimum atomic E-state index is -0.520. The summed E-state index contributed by atoms with van der Waals surface area (Å²) in [5.41, 5.74) is 2.96. The summed E-state index contributed by atoms with van der Waals surface area (Å²) < 4.78 is 0. The molecule has 0 saturated carbocycles. The lowest BCUT2D eigenvalue weighted by Gasteiger charge is -2.02. The number of ketones is 1. The van der Waals surface area contributed by atoms with Crippen molar-refractivity contribution >= 4 is 41.1 Å². The van der Waals surface area contributed by atoms with Crippen molar-refractivity contribution in [2.24, 2.45) is 5.10 Å². The van der Waals surface area contributed by atoms with Crippen molar-refractivity contribution in [2.45, 2.75) is 0 Å². The van der Waals surface area contributed by atoms with Gasteiger partial charge in [-0.25, -0.2) is 5.43 Å². The quantitative estimate of drug-likeness (QED) is 0.531. The molecule has 0 spiro atoms. The van der Waals surface area contributed by atoms with E-state index in [4.69, 9.17) is 23.2 Å². The SMILES string of the molecule is O=C(/C=N\NC(=O)c1ccc(Cl)cc1Cl)c1ccccc1. The molecule has 1 N–H and O–H groups in total. The monoisotopic (exact) mass is 320 g/mol. The summed E-state index contributed by atoms with van der Waals surface area (Å²) in [5, 5.41) is 4.26. The van der Waals surface area contributed by atoms with Crippen LogP contribution in [0, 0.1) is 0 Å². The molecule has 0 unspecified atom stereocenters. The third-order valence-corrected chi connectivity index (χ3v) is 3.13. The number of benzene rings is 2. The zero-order chi connectivity index (χ0) is 15.2. The van der Waals surface area contributed by atoms with Crippen LogP contribution in [0.1, 0.15) is 20.7 Å². The largest absolute Gasteiger partial charge is 0.287 e. The van der Waals surface area contributed by atoms with Crippen LogP contribution in [-0.4, -0.2) is 17.9 Å². The molecule has 6 heteroatoms. The number of nitrogens with one attached hydrogen (secondary N) is 1. The molecule has 0 fully saturated rings. The number of nitrogens with zero attached hydrogens (tertiary/aromatic N) is 1. The molecular formula is C15H10Cl2N2O2. The molecule has 0 radical (unpaired) electrons. The molecule has 0 aliphatic heterocycles. The summed E-state index contributed by atoms with van der Waals surface area (Å²) in [7, 11) is 0. The number of rotatable bonds is 4. The van der Waals surface area contributed by atoms with Crippen LogP contribution in [0.25, 0.3) is 0 Å². The van der Waals surface area contributed by atoms with Crippen LogP contribution < -0.4 is 5.43 Å². The first-order chi connectivity index (χ1) is 10.1. The van der Waals surface area contributed by atoms with E-state index < -0.39 is 5.91 Å². The Morgan fingerprint density at radius 2 is 1.76 bits per heavy atom. The van der Waals surface area contributed by atoms with E-state index in [1.54, 1.807) is 36.4 Å². The molecule has 0 heterocycles. The maximum atomic E-state index is 11.8. The van der Waals surface area contributed by atoms with Gasteiger partial charge in [-0.3, -0.25) is 9.59 Å². The highest BCUT2D eigenvalue weighted by Crippen LogP contribution is 2.20. The smallest absolute Gasteiger partial charge is 0.272 e. The Bertz CT molecular complexity index is 700. The van der Waals surface area contributed by atoms with Gasteiger partial charge in [-0.1, -0.05) is 53.5 Å². The predicted molar refractivity (Wildman–Crippen MR) is 83.2 cm³/mol. The van der Waals surface area contributed by atoms with Crippen LogP contribution in [0.4, 0.5) is 0 Å². The molecule has 106 valence electrons. The van der Waals surface area contributed by atoms with Crippen LogP contribution in [0.15, 0.2) is 53.6 Å². The molecule has 0 aliphatic carbocycles. The highest BCUT2D eigenvalue weighted by molar-refractivity contribution is 6.37. The molecule has 4 nitrogen and oxygen atoms in total. The average Bonchev–Trinajstić information content (AvgIpc) is 2.47. The zero-order valence-electron chi connectivity index (χ0n) is 10.7. The van der Waals surface area contributed by atoms with Crippen LogP contribution in [-0.2, 0) is 0 Å². The maximum absolute atomic E-state index is 11.8. The van der Waals surface area contributed by atoms with E-state index >= 15 is 0 Å². The summed E-state index contributed by atoms with van der Waals surface area (Å²) >= 11 is 11.6. The van der Waals surface area contributed by atoms with Gasteiger partial charge in [0.05, 0.1) is 16.8 Å². The Balaban J connectivity index is 2.01. The van der Waals surface area contributed by atoms with E-state index in [0.717, 1.165) is 6.21 Å². The summed E-state index contributed by atoms with van der Waals surface area (Å²) in [6, 6.07) is 13.1. The third-order valence-electron chi connectivity index (χ3n) is 2.58. The Labute approximate surface area is 131 Å². The predicted octanol–water partition coefficient (Wildman–Crippen LogP) is 3.59. The molecule has 2 aromatic rings. The number of hydrogen-bond donors (Lipinski definition) is 1. The molecule has 0 bridgehead atoms. The second-order valence-corrected chi connectivity index (χ2v) is 4.90. The fourth-order valence-corrected chi connectivity index (χ4v) is 2.05. The second-order valence-electron chi connectivity index (χ2n) is 4.05. The first kappa shape index (κ1) is 15.2. The molecule has 2 aromatic carbocycles. The molecular weight excluding hydrogens is 311 g/mol. The highest BCUT2D eigenvalue weighted by atomic mass is 35.5. The van der Waals surface area contributed by atoms with Gasteiger partial charge in [0.15, 0.2) is 0 Å². The summed E-state index contributed by atoms with van der Waals surface area (Å²) in [4.78, 5) is 23.6. The van der Waals surface area contributed by atoms with Crippen LogP contribution >= 0.6 is 23.2 Å². The number of Topliss-reactive ketones (excluding diaryl/α,β-unsaturated/α-hetero) is 1. The fourth-order valence-electron chi connectivity index (χ4n) is 1.56. The zero-order valence-corrected chi connectivity index (χ0v) is 12.2. The van der Waals surface area contributed by atoms with Crippen molar-refractivity contribution < 1.29 is 9.59 Å². The molecule has 21 heavy (non-hydrogen) atoms. The van der Waals surface area contributed by atoms with Crippen LogP contribution in [0.3, 0.4) is 0 Å². The van der Waals surface area contributed by atoms with Crippen molar-refractivity contribution in [2.75, 3.05) is 0 Å². The van der Waals surface area contributed by atoms with Gasteiger partial charge in [0.1, 0.15) is 0 Å². The van der Waals surface area contributed by atoms with Crippen LogP contribution in [0.5, 0.6) is 0 Å². The van der Waals surface area contributed by atoms with Gasteiger partial charge in [0.2, 0.25) is 5.78 Å². The van der Waals surface area contributed by atoms with E-state index in [1.165, 1.54) is 12.1 Å². The van der Waals surface area contributed by atoms with Gasteiger partial charge in [0, 0.05) is 10.6 Å². The normalized spacial score (nSPS) is 10.6. The standard InChI is InChI=1S/C15H10Cl2N2O2/c16-11-6-7-12(13(17)8-11)15(21)19-18-9-14(20)10-4-2-1-3-5-10/h1-9H,(H,19,21)/b18-9-. The fraction of sp³-hybridized carbons (Fsp3) is 0. The lowest BCUT2D eigenvalue weighted by Crippen LogP contribution is -2.19. The second kappa shape index (κ2) is 7.02. The Kier molecular flexibility index (Phi) is 5.09. The van der Waals surface area contributed by atoms with E-state index in [2.05, 4.69) is 10.5 Å². The van der Waals surface area contributed by atoms with Gasteiger partial charge in [0.25, 0.3) is 5.91 Å².